The summed E-state index contributed by atoms with van der Waals surface area (Å²) in [5.74, 6) is 4.00. The Bertz CT molecular complexity index is 565. The SMILES string of the molecule is C=CCOB(Oc1ccc(OC)cc1)OC12CC3CC(CC(C3)C1)C2. The number of hydrogen-bond donors (Lipinski definition) is 0. The summed E-state index contributed by atoms with van der Waals surface area (Å²) in [5, 5.41) is 0. The van der Waals surface area contributed by atoms with E-state index in [4.69, 9.17) is 18.7 Å². The Balaban J connectivity index is 1.46. The molecule has 0 radical (unpaired) electrons. The van der Waals surface area contributed by atoms with Gasteiger partial charge in [-0.05, 0) is 80.5 Å². The molecule has 0 N–H and O–H groups in total. The number of benzene rings is 1. The topological polar surface area (TPSA) is 36.9 Å². The summed E-state index contributed by atoms with van der Waals surface area (Å²) in [7, 11) is 0.963. The van der Waals surface area contributed by atoms with Crippen LogP contribution in [0.3, 0.4) is 0 Å². The van der Waals surface area contributed by atoms with Crippen molar-refractivity contribution in [1.82, 2.24) is 0 Å². The zero-order valence-corrected chi connectivity index (χ0v) is 15.0. The van der Waals surface area contributed by atoms with Crippen LogP contribution in [0.2, 0.25) is 0 Å². The van der Waals surface area contributed by atoms with Crippen LogP contribution in [-0.2, 0) is 9.31 Å². The van der Waals surface area contributed by atoms with Gasteiger partial charge in [-0.15, -0.1) is 6.58 Å². The Kier molecular flexibility index (Phi) is 4.79. The van der Waals surface area contributed by atoms with Crippen LogP contribution < -0.4 is 9.39 Å². The number of hydrogen-bond acceptors (Lipinski definition) is 4. The second-order valence-corrected chi connectivity index (χ2v) is 7.92. The summed E-state index contributed by atoms with van der Waals surface area (Å²) in [6.07, 6.45) is 9.35. The summed E-state index contributed by atoms with van der Waals surface area (Å²) in [5.41, 5.74) is -0.0624. The van der Waals surface area contributed by atoms with Crippen molar-refractivity contribution < 1.29 is 18.7 Å². The van der Waals surface area contributed by atoms with E-state index in [9.17, 15) is 0 Å². The van der Waals surface area contributed by atoms with Crippen molar-refractivity contribution >= 4 is 7.32 Å². The van der Waals surface area contributed by atoms with Gasteiger partial charge in [0.05, 0.1) is 19.3 Å². The summed E-state index contributed by atoms with van der Waals surface area (Å²) in [6.45, 7) is 4.15. The van der Waals surface area contributed by atoms with Crippen LogP contribution in [0.25, 0.3) is 0 Å². The van der Waals surface area contributed by atoms with Gasteiger partial charge >= 0.3 is 7.32 Å². The number of methoxy groups -OCH3 is 1. The predicted octanol–water partition coefficient (Wildman–Crippen LogP) is 4.25. The lowest BCUT2D eigenvalue weighted by atomic mass is 9.54. The molecular weight excluding hydrogens is 315 g/mol. The zero-order chi connectivity index (χ0) is 17.3. The van der Waals surface area contributed by atoms with Gasteiger partial charge in [-0.3, -0.25) is 0 Å². The average molecular weight is 342 g/mol. The van der Waals surface area contributed by atoms with Crippen molar-refractivity contribution in [1.29, 1.82) is 0 Å². The molecule has 134 valence electrons. The van der Waals surface area contributed by atoms with Gasteiger partial charge in [0.25, 0.3) is 0 Å². The lowest BCUT2D eigenvalue weighted by Crippen LogP contribution is -2.55. The minimum Gasteiger partial charge on any atom is -0.512 e. The van der Waals surface area contributed by atoms with E-state index in [0.717, 1.165) is 48.5 Å². The van der Waals surface area contributed by atoms with Crippen molar-refractivity contribution in [3.8, 4) is 11.5 Å². The highest BCUT2D eigenvalue weighted by Crippen LogP contribution is 2.57. The van der Waals surface area contributed by atoms with Gasteiger partial charge in [0, 0.05) is 0 Å². The van der Waals surface area contributed by atoms with Crippen molar-refractivity contribution in [2.75, 3.05) is 13.7 Å². The second kappa shape index (κ2) is 7.04. The van der Waals surface area contributed by atoms with Crippen LogP contribution in [-0.4, -0.2) is 26.6 Å². The van der Waals surface area contributed by atoms with Crippen LogP contribution in [0.5, 0.6) is 11.5 Å². The monoisotopic (exact) mass is 342 g/mol. The highest BCUT2D eigenvalue weighted by Gasteiger charge is 2.53. The largest absolute Gasteiger partial charge is 0.713 e. The minimum absolute atomic E-state index is 0.0624. The Morgan fingerprint density at radius 1 is 1.04 bits per heavy atom. The Morgan fingerprint density at radius 2 is 1.60 bits per heavy atom. The third-order valence-corrected chi connectivity index (χ3v) is 5.97. The van der Waals surface area contributed by atoms with E-state index in [1.165, 1.54) is 19.3 Å². The molecule has 0 saturated heterocycles. The fourth-order valence-corrected chi connectivity index (χ4v) is 5.38. The standard InChI is InChI=1S/C20H27BO4/c1-3-8-23-21(24-19-6-4-18(22-2)5-7-19)25-20-12-15-9-16(13-20)11-17(10-15)14-20/h3-7,15-17H,1,8-14H2,2H3. The quantitative estimate of drug-likeness (QED) is 0.523. The first kappa shape index (κ1) is 17.0. The first-order valence-corrected chi connectivity index (χ1v) is 9.39. The van der Waals surface area contributed by atoms with Gasteiger partial charge in [0.1, 0.15) is 11.5 Å². The van der Waals surface area contributed by atoms with Crippen molar-refractivity contribution in [3.63, 3.8) is 0 Å². The van der Waals surface area contributed by atoms with Gasteiger partial charge in [-0.1, -0.05) is 6.08 Å². The molecule has 0 amide bonds. The fraction of sp³-hybridized carbons (Fsp3) is 0.600. The number of rotatable bonds is 8. The van der Waals surface area contributed by atoms with Crippen LogP contribution in [0.1, 0.15) is 38.5 Å². The maximum atomic E-state index is 6.49. The van der Waals surface area contributed by atoms with Crippen molar-refractivity contribution in [2.24, 2.45) is 17.8 Å². The Morgan fingerprint density at radius 3 is 2.12 bits per heavy atom. The smallest absolute Gasteiger partial charge is 0.512 e. The minimum atomic E-state index is -0.692. The van der Waals surface area contributed by atoms with Crippen LogP contribution >= 0.6 is 0 Å². The maximum absolute atomic E-state index is 6.49. The van der Waals surface area contributed by atoms with Gasteiger partial charge in [-0.25, -0.2) is 0 Å². The lowest BCUT2D eigenvalue weighted by Gasteiger charge is -2.56. The van der Waals surface area contributed by atoms with E-state index in [1.807, 2.05) is 24.3 Å². The van der Waals surface area contributed by atoms with Crippen molar-refractivity contribution in [2.45, 2.75) is 44.1 Å². The lowest BCUT2D eigenvalue weighted by molar-refractivity contribution is -0.126. The fourth-order valence-electron chi connectivity index (χ4n) is 5.38. The second-order valence-electron chi connectivity index (χ2n) is 7.92. The molecule has 4 nitrogen and oxygen atoms in total. The molecule has 4 aliphatic carbocycles. The molecule has 4 saturated carbocycles. The van der Waals surface area contributed by atoms with Crippen molar-refractivity contribution in [3.05, 3.63) is 36.9 Å². The van der Waals surface area contributed by atoms with E-state index in [0.29, 0.717) is 6.61 Å². The molecule has 1 aromatic carbocycles. The maximum Gasteiger partial charge on any atom is 0.713 e. The van der Waals surface area contributed by atoms with E-state index in [-0.39, 0.29) is 5.60 Å². The molecule has 4 bridgehead atoms. The van der Waals surface area contributed by atoms with E-state index in [1.54, 1.807) is 13.2 Å². The van der Waals surface area contributed by atoms with Crippen LogP contribution in [0.4, 0.5) is 0 Å². The summed E-state index contributed by atoms with van der Waals surface area (Å²) in [6, 6.07) is 7.52. The molecule has 5 heteroatoms. The molecule has 0 heterocycles. The highest BCUT2D eigenvalue weighted by molar-refractivity contribution is 6.37. The third-order valence-electron chi connectivity index (χ3n) is 5.97. The third kappa shape index (κ3) is 3.72. The predicted molar refractivity (Wildman–Crippen MR) is 97.5 cm³/mol. The van der Waals surface area contributed by atoms with Crippen LogP contribution in [0, 0.1) is 17.8 Å². The van der Waals surface area contributed by atoms with Crippen LogP contribution in [0.15, 0.2) is 36.9 Å². The first-order valence-electron chi connectivity index (χ1n) is 9.39. The van der Waals surface area contributed by atoms with Gasteiger partial charge in [0.15, 0.2) is 0 Å². The molecule has 0 spiro atoms. The summed E-state index contributed by atoms with van der Waals surface area (Å²) >= 11 is 0. The van der Waals surface area contributed by atoms with E-state index >= 15 is 0 Å². The van der Waals surface area contributed by atoms with E-state index < -0.39 is 7.32 Å². The first-order chi connectivity index (χ1) is 12.2. The van der Waals surface area contributed by atoms with Gasteiger partial charge in [-0.2, -0.15) is 0 Å². The molecule has 25 heavy (non-hydrogen) atoms. The highest BCUT2D eigenvalue weighted by atomic mass is 16.7. The Labute approximate surface area is 150 Å². The Hall–Kier alpha value is -1.46. The molecule has 4 fully saturated rings. The average Bonchev–Trinajstić information content (AvgIpc) is 2.59. The normalized spacial score (nSPS) is 32.4. The molecule has 1 aromatic rings. The summed E-state index contributed by atoms with van der Waals surface area (Å²) < 4.78 is 23.5. The van der Waals surface area contributed by atoms with E-state index in [2.05, 4.69) is 6.58 Å². The molecular formula is C20H27BO4. The molecule has 0 aliphatic heterocycles. The zero-order valence-electron chi connectivity index (χ0n) is 15.0. The summed E-state index contributed by atoms with van der Waals surface area (Å²) in [4.78, 5) is 0. The number of ether oxygens (including phenoxy) is 1. The van der Waals surface area contributed by atoms with Gasteiger partial charge < -0.3 is 18.7 Å². The molecule has 4 aliphatic rings. The molecule has 5 rings (SSSR count). The molecule has 0 aromatic heterocycles. The molecule has 0 unspecified atom stereocenters. The van der Waals surface area contributed by atoms with Gasteiger partial charge in [0.2, 0.25) is 0 Å². The molecule has 0 atom stereocenters.